The summed E-state index contributed by atoms with van der Waals surface area (Å²) in [5.74, 6) is 5.77. The molecule has 0 saturated heterocycles. The monoisotopic (exact) mass is 232 g/mol. The second kappa shape index (κ2) is 8.11. The Bertz CT molecular complexity index is 215. The molecule has 0 radical (unpaired) electrons. The summed E-state index contributed by atoms with van der Waals surface area (Å²) in [6.45, 7) is 2.20. The smallest absolute Gasteiger partial charge is 0.174 e. The van der Waals surface area contributed by atoms with Crippen LogP contribution in [0.1, 0.15) is 19.2 Å². The maximum absolute atomic E-state index is 3.90. The number of H-pyrrole nitrogens is 1. The van der Waals surface area contributed by atoms with Crippen molar-refractivity contribution in [2.24, 2.45) is 0 Å². The van der Waals surface area contributed by atoms with Crippen molar-refractivity contribution >= 4 is 23.5 Å². The van der Waals surface area contributed by atoms with Crippen molar-refractivity contribution in [2.45, 2.75) is 19.8 Å². The van der Waals surface area contributed by atoms with Gasteiger partial charge in [-0.15, -0.1) is 10.2 Å². The normalized spacial score (nSPS) is 10.6. The molecule has 80 valence electrons. The lowest BCUT2D eigenvalue weighted by molar-refractivity contribution is 0.847. The molecule has 0 saturated carbocycles. The molecule has 4 nitrogen and oxygen atoms in total. The molecule has 1 aromatic rings. The number of nitrogens with zero attached hydrogens (tertiary/aromatic N) is 3. The Kier molecular flexibility index (Phi) is 6.86. The maximum Gasteiger partial charge on any atom is 0.174 e. The highest BCUT2D eigenvalue weighted by atomic mass is 32.2. The van der Waals surface area contributed by atoms with Gasteiger partial charge >= 0.3 is 0 Å². The molecule has 6 heteroatoms. The molecular weight excluding hydrogens is 216 g/mol. The van der Waals surface area contributed by atoms with Crippen LogP contribution in [0.25, 0.3) is 0 Å². The zero-order valence-electron chi connectivity index (χ0n) is 8.40. The summed E-state index contributed by atoms with van der Waals surface area (Å²) in [5.41, 5.74) is 0. The zero-order valence-corrected chi connectivity index (χ0v) is 10.0. The minimum Gasteiger partial charge on any atom is -0.177 e. The number of nitrogens with one attached hydrogen (secondary N) is 1. The van der Waals surface area contributed by atoms with Crippen LogP contribution in [0.4, 0.5) is 0 Å². The second-order valence-corrected chi connectivity index (χ2v) is 5.36. The molecule has 0 unspecified atom stereocenters. The van der Waals surface area contributed by atoms with Crippen molar-refractivity contribution in [3.05, 3.63) is 5.82 Å². The summed E-state index contributed by atoms with van der Waals surface area (Å²) < 4.78 is 0. The van der Waals surface area contributed by atoms with Gasteiger partial charge < -0.3 is 0 Å². The fourth-order valence-electron chi connectivity index (χ4n) is 0.985. The first-order valence-electron chi connectivity index (χ1n) is 4.81. The Morgan fingerprint density at radius 2 is 2.07 bits per heavy atom. The Morgan fingerprint density at radius 1 is 1.21 bits per heavy atom. The predicted octanol–water partition coefficient (Wildman–Crippen LogP) is 1.62. The van der Waals surface area contributed by atoms with Gasteiger partial charge in [0.15, 0.2) is 5.82 Å². The van der Waals surface area contributed by atoms with Gasteiger partial charge in [-0.05, 0) is 17.9 Å². The van der Waals surface area contributed by atoms with Crippen LogP contribution >= 0.6 is 23.5 Å². The van der Waals surface area contributed by atoms with Gasteiger partial charge in [0.1, 0.15) is 0 Å². The summed E-state index contributed by atoms with van der Waals surface area (Å²) in [4.78, 5) is 0. The molecule has 0 fully saturated rings. The number of aryl methyl sites for hydroxylation is 1. The van der Waals surface area contributed by atoms with E-state index in [4.69, 9.17) is 0 Å². The Morgan fingerprint density at radius 3 is 2.79 bits per heavy atom. The highest BCUT2D eigenvalue weighted by Gasteiger charge is 1.97. The molecular formula is C8H16N4S2. The Balaban J connectivity index is 1.85. The molecule has 0 spiro atoms. The van der Waals surface area contributed by atoms with Crippen LogP contribution in [0, 0.1) is 0 Å². The SMILES string of the molecule is CCSCCSCCCc1nn[nH]n1. The fraction of sp³-hybridized carbons (Fsp3) is 0.875. The van der Waals surface area contributed by atoms with E-state index in [1.54, 1.807) is 0 Å². The first-order chi connectivity index (χ1) is 6.93. The largest absolute Gasteiger partial charge is 0.177 e. The second-order valence-electron chi connectivity index (χ2n) is 2.74. The molecule has 1 aromatic heterocycles. The van der Waals surface area contributed by atoms with Crippen LogP contribution in [0.5, 0.6) is 0 Å². The summed E-state index contributed by atoms with van der Waals surface area (Å²) in [6.07, 6.45) is 2.07. The molecule has 0 aliphatic carbocycles. The van der Waals surface area contributed by atoms with Crippen LogP contribution < -0.4 is 0 Å². The Hall–Kier alpha value is -0.230. The number of hydrogen-bond acceptors (Lipinski definition) is 5. The molecule has 1 heterocycles. The molecule has 0 aliphatic heterocycles. The average Bonchev–Trinajstić information content (AvgIpc) is 2.69. The first-order valence-corrected chi connectivity index (χ1v) is 7.12. The van der Waals surface area contributed by atoms with E-state index in [1.807, 2.05) is 23.5 Å². The van der Waals surface area contributed by atoms with Crippen LogP contribution in [0.2, 0.25) is 0 Å². The van der Waals surface area contributed by atoms with Gasteiger partial charge in [0.05, 0.1) is 0 Å². The first kappa shape index (κ1) is 11.8. The number of rotatable bonds is 8. The highest BCUT2D eigenvalue weighted by Crippen LogP contribution is 2.08. The lowest BCUT2D eigenvalue weighted by atomic mass is 10.3. The van der Waals surface area contributed by atoms with Crippen LogP contribution in [0.15, 0.2) is 0 Å². The molecule has 1 rings (SSSR count). The average molecular weight is 232 g/mol. The quantitative estimate of drug-likeness (QED) is 0.690. The van der Waals surface area contributed by atoms with Gasteiger partial charge in [0.25, 0.3) is 0 Å². The van der Waals surface area contributed by atoms with E-state index in [0.717, 1.165) is 18.7 Å². The molecule has 0 aromatic carbocycles. The lowest BCUT2D eigenvalue weighted by Crippen LogP contribution is -1.92. The van der Waals surface area contributed by atoms with E-state index in [1.165, 1.54) is 23.0 Å². The van der Waals surface area contributed by atoms with Gasteiger partial charge in [-0.1, -0.05) is 12.1 Å². The number of hydrogen-bond donors (Lipinski definition) is 1. The van der Waals surface area contributed by atoms with Gasteiger partial charge in [0, 0.05) is 17.9 Å². The molecule has 0 bridgehead atoms. The van der Waals surface area contributed by atoms with Crippen molar-refractivity contribution in [1.29, 1.82) is 0 Å². The highest BCUT2D eigenvalue weighted by molar-refractivity contribution is 8.02. The minimum atomic E-state index is 0.827. The number of tetrazole rings is 1. The number of aromatic nitrogens is 4. The van der Waals surface area contributed by atoms with Gasteiger partial charge in [-0.3, -0.25) is 0 Å². The standard InChI is InChI=1S/C8H16N4S2/c1-2-13-6-7-14-5-3-4-8-9-11-12-10-8/h2-7H2,1H3,(H,9,10,11,12). The van der Waals surface area contributed by atoms with Crippen LogP contribution in [-0.4, -0.2) is 43.6 Å². The Labute approximate surface area is 93.0 Å². The van der Waals surface area contributed by atoms with E-state index >= 15 is 0 Å². The van der Waals surface area contributed by atoms with Crippen LogP contribution in [-0.2, 0) is 6.42 Å². The fourth-order valence-corrected chi connectivity index (χ4v) is 2.77. The summed E-state index contributed by atoms with van der Waals surface area (Å²) in [6, 6.07) is 0. The van der Waals surface area contributed by atoms with Crippen molar-refractivity contribution in [3.63, 3.8) is 0 Å². The lowest BCUT2D eigenvalue weighted by Gasteiger charge is -1.98. The van der Waals surface area contributed by atoms with Gasteiger partial charge in [-0.2, -0.15) is 28.7 Å². The summed E-state index contributed by atoms with van der Waals surface area (Å²) in [7, 11) is 0. The van der Waals surface area contributed by atoms with Crippen LogP contribution in [0.3, 0.4) is 0 Å². The summed E-state index contributed by atoms with van der Waals surface area (Å²) >= 11 is 4.01. The van der Waals surface area contributed by atoms with Crippen molar-refractivity contribution < 1.29 is 0 Å². The molecule has 14 heavy (non-hydrogen) atoms. The predicted molar refractivity (Wildman–Crippen MR) is 62.8 cm³/mol. The van der Waals surface area contributed by atoms with Crippen molar-refractivity contribution in [2.75, 3.05) is 23.0 Å². The molecule has 1 N–H and O–H groups in total. The van der Waals surface area contributed by atoms with E-state index in [2.05, 4.69) is 27.5 Å². The number of aromatic amines is 1. The third-order valence-corrected chi connectivity index (χ3v) is 3.88. The minimum absolute atomic E-state index is 0.827. The number of thioether (sulfide) groups is 2. The van der Waals surface area contributed by atoms with Gasteiger partial charge in [0.2, 0.25) is 0 Å². The van der Waals surface area contributed by atoms with E-state index in [9.17, 15) is 0 Å². The molecule has 0 aliphatic rings. The maximum atomic E-state index is 3.90. The third-order valence-electron chi connectivity index (χ3n) is 1.65. The zero-order chi connectivity index (χ0) is 10.1. The third kappa shape index (κ3) is 5.49. The van der Waals surface area contributed by atoms with Crippen molar-refractivity contribution in [3.8, 4) is 0 Å². The van der Waals surface area contributed by atoms with Crippen molar-refractivity contribution in [1.82, 2.24) is 20.6 Å². The molecule has 0 amide bonds. The van der Waals surface area contributed by atoms with E-state index in [0.29, 0.717) is 0 Å². The molecule has 0 atom stereocenters. The van der Waals surface area contributed by atoms with E-state index < -0.39 is 0 Å². The van der Waals surface area contributed by atoms with Gasteiger partial charge in [-0.25, -0.2) is 0 Å². The summed E-state index contributed by atoms with van der Waals surface area (Å²) in [5, 5.41) is 13.8. The topological polar surface area (TPSA) is 54.5 Å². The van der Waals surface area contributed by atoms with E-state index in [-0.39, 0.29) is 0 Å².